The van der Waals surface area contributed by atoms with Crippen molar-refractivity contribution in [3.8, 4) is 0 Å². The molecule has 126 valence electrons. The molecule has 0 aliphatic carbocycles. The molecular formula is C20H24N2OS. The molecule has 1 amide bonds. The number of hydrogen-bond acceptors (Lipinski definition) is 3. The molecule has 4 heteroatoms. The Hall–Kier alpha value is -1.65. The van der Waals surface area contributed by atoms with E-state index in [1.807, 2.05) is 11.3 Å². The first-order valence-corrected chi connectivity index (χ1v) is 9.64. The van der Waals surface area contributed by atoms with Crippen molar-refractivity contribution < 1.29 is 4.79 Å². The minimum Gasteiger partial charge on any atom is -0.338 e. The zero-order chi connectivity index (χ0) is 16.6. The van der Waals surface area contributed by atoms with Gasteiger partial charge in [-0.1, -0.05) is 36.4 Å². The standard InChI is InChI=1S/C20H24N2OS/c1-16(23)22-12-10-20(17-6-3-2-4-7-17)9-11-21(15-19(20)22)14-18-8-5-13-24-18/h2-8,13,19H,9-12,14-15H2,1H3/t19-,20+/m0/s1. The number of piperidine rings is 1. The summed E-state index contributed by atoms with van der Waals surface area (Å²) in [6.45, 7) is 5.70. The monoisotopic (exact) mass is 340 g/mol. The van der Waals surface area contributed by atoms with Crippen molar-refractivity contribution in [2.24, 2.45) is 0 Å². The number of carbonyl (C=O) groups excluding carboxylic acids is 1. The Kier molecular flexibility index (Phi) is 4.19. The van der Waals surface area contributed by atoms with Gasteiger partial charge in [0.2, 0.25) is 5.91 Å². The lowest BCUT2D eigenvalue weighted by molar-refractivity contribution is -0.131. The first-order valence-electron chi connectivity index (χ1n) is 8.76. The van der Waals surface area contributed by atoms with Crippen molar-refractivity contribution in [3.05, 3.63) is 58.3 Å². The SMILES string of the molecule is CC(=O)N1CC[C@@]2(c3ccccc3)CCN(Cc3cccs3)C[C@H]12. The molecule has 24 heavy (non-hydrogen) atoms. The van der Waals surface area contributed by atoms with Gasteiger partial charge in [-0.15, -0.1) is 11.3 Å². The summed E-state index contributed by atoms with van der Waals surface area (Å²) in [5.41, 5.74) is 1.55. The van der Waals surface area contributed by atoms with Crippen LogP contribution in [0.2, 0.25) is 0 Å². The van der Waals surface area contributed by atoms with Crippen LogP contribution in [0.5, 0.6) is 0 Å². The van der Waals surface area contributed by atoms with Gasteiger partial charge in [-0.25, -0.2) is 0 Å². The van der Waals surface area contributed by atoms with Crippen molar-refractivity contribution >= 4 is 17.2 Å². The van der Waals surface area contributed by atoms with Gasteiger partial charge < -0.3 is 4.90 Å². The zero-order valence-electron chi connectivity index (χ0n) is 14.1. The smallest absolute Gasteiger partial charge is 0.219 e. The van der Waals surface area contributed by atoms with E-state index >= 15 is 0 Å². The first-order chi connectivity index (χ1) is 11.7. The molecule has 2 saturated heterocycles. The minimum atomic E-state index is 0.138. The maximum Gasteiger partial charge on any atom is 0.219 e. The second kappa shape index (κ2) is 6.34. The van der Waals surface area contributed by atoms with Crippen LogP contribution < -0.4 is 0 Å². The molecule has 1 aromatic heterocycles. The molecule has 0 radical (unpaired) electrons. The van der Waals surface area contributed by atoms with Crippen LogP contribution in [0.1, 0.15) is 30.2 Å². The van der Waals surface area contributed by atoms with E-state index in [2.05, 4.69) is 57.6 Å². The van der Waals surface area contributed by atoms with Gasteiger partial charge in [0.25, 0.3) is 0 Å². The molecule has 4 rings (SSSR count). The van der Waals surface area contributed by atoms with E-state index in [1.54, 1.807) is 6.92 Å². The van der Waals surface area contributed by atoms with Gasteiger partial charge in [0, 0.05) is 36.9 Å². The van der Waals surface area contributed by atoms with Crippen molar-refractivity contribution in [3.63, 3.8) is 0 Å². The zero-order valence-corrected chi connectivity index (χ0v) is 15.0. The van der Waals surface area contributed by atoms with E-state index in [9.17, 15) is 4.79 Å². The van der Waals surface area contributed by atoms with Crippen molar-refractivity contribution in [2.45, 2.75) is 37.8 Å². The van der Waals surface area contributed by atoms with E-state index in [0.717, 1.165) is 39.0 Å². The molecule has 2 aliphatic heterocycles. The van der Waals surface area contributed by atoms with Crippen LogP contribution in [0.25, 0.3) is 0 Å². The van der Waals surface area contributed by atoms with Crippen LogP contribution in [-0.4, -0.2) is 41.4 Å². The Morgan fingerprint density at radius 1 is 1.17 bits per heavy atom. The summed E-state index contributed by atoms with van der Waals surface area (Å²) < 4.78 is 0. The van der Waals surface area contributed by atoms with Gasteiger partial charge in [0.1, 0.15) is 0 Å². The molecule has 2 atom stereocenters. The number of hydrogen-bond donors (Lipinski definition) is 0. The van der Waals surface area contributed by atoms with E-state index in [-0.39, 0.29) is 11.3 Å². The van der Waals surface area contributed by atoms with Crippen LogP contribution in [0.4, 0.5) is 0 Å². The lowest BCUT2D eigenvalue weighted by Gasteiger charge is -2.46. The van der Waals surface area contributed by atoms with Crippen molar-refractivity contribution in [1.29, 1.82) is 0 Å². The molecule has 2 fully saturated rings. The van der Waals surface area contributed by atoms with Gasteiger partial charge >= 0.3 is 0 Å². The van der Waals surface area contributed by atoms with Gasteiger partial charge in [0.15, 0.2) is 0 Å². The number of carbonyl (C=O) groups is 1. The van der Waals surface area contributed by atoms with E-state index in [0.29, 0.717) is 6.04 Å². The van der Waals surface area contributed by atoms with Gasteiger partial charge in [-0.05, 0) is 36.4 Å². The highest BCUT2D eigenvalue weighted by atomic mass is 32.1. The van der Waals surface area contributed by atoms with E-state index < -0.39 is 0 Å². The third-order valence-corrected chi connectivity index (χ3v) is 6.69. The lowest BCUT2D eigenvalue weighted by atomic mass is 9.69. The molecule has 0 saturated carbocycles. The van der Waals surface area contributed by atoms with E-state index in [1.165, 1.54) is 10.4 Å². The predicted molar refractivity (Wildman–Crippen MR) is 98.1 cm³/mol. The van der Waals surface area contributed by atoms with Crippen LogP contribution in [0.3, 0.4) is 0 Å². The Bertz CT molecular complexity index is 700. The summed E-state index contributed by atoms with van der Waals surface area (Å²) in [7, 11) is 0. The predicted octanol–water partition coefficient (Wildman–Crippen LogP) is 3.51. The average Bonchev–Trinajstić information content (AvgIpc) is 3.23. The molecule has 2 aliphatic rings. The number of amides is 1. The highest BCUT2D eigenvalue weighted by Crippen LogP contribution is 2.46. The molecule has 1 aromatic carbocycles. The number of nitrogens with zero attached hydrogens (tertiary/aromatic N) is 2. The molecule has 0 N–H and O–H groups in total. The Labute approximate surface area is 147 Å². The van der Waals surface area contributed by atoms with Crippen LogP contribution >= 0.6 is 11.3 Å². The summed E-state index contributed by atoms with van der Waals surface area (Å²) >= 11 is 1.82. The third-order valence-electron chi connectivity index (χ3n) is 5.83. The minimum absolute atomic E-state index is 0.138. The summed E-state index contributed by atoms with van der Waals surface area (Å²) in [5, 5.41) is 2.14. The molecule has 3 nitrogen and oxygen atoms in total. The highest BCUT2D eigenvalue weighted by Gasteiger charge is 2.51. The Balaban J connectivity index is 1.62. The molecule has 0 spiro atoms. The van der Waals surface area contributed by atoms with Gasteiger partial charge in [-0.2, -0.15) is 0 Å². The maximum atomic E-state index is 12.2. The lowest BCUT2D eigenvalue weighted by Crippen LogP contribution is -2.56. The van der Waals surface area contributed by atoms with Crippen LogP contribution in [0.15, 0.2) is 47.8 Å². The van der Waals surface area contributed by atoms with Crippen molar-refractivity contribution in [1.82, 2.24) is 9.80 Å². The number of benzene rings is 1. The second-order valence-corrected chi connectivity index (χ2v) is 8.10. The first kappa shape index (κ1) is 15.9. The Morgan fingerprint density at radius 2 is 1.96 bits per heavy atom. The maximum absolute atomic E-state index is 12.2. The molecule has 3 heterocycles. The summed E-state index contributed by atoms with van der Waals surface area (Å²) in [6.07, 6.45) is 2.23. The number of thiophene rings is 1. The van der Waals surface area contributed by atoms with Crippen LogP contribution in [0, 0.1) is 0 Å². The fourth-order valence-electron chi connectivity index (χ4n) is 4.59. The van der Waals surface area contributed by atoms with Crippen LogP contribution in [-0.2, 0) is 16.8 Å². The van der Waals surface area contributed by atoms with E-state index in [4.69, 9.17) is 0 Å². The fraction of sp³-hybridized carbons (Fsp3) is 0.450. The summed E-state index contributed by atoms with van der Waals surface area (Å²) in [4.78, 5) is 18.3. The number of likely N-dealkylation sites (tertiary alicyclic amines) is 2. The quantitative estimate of drug-likeness (QED) is 0.854. The second-order valence-electron chi connectivity index (χ2n) is 7.06. The van der Waals surface area contributed by atoms with Gasteiger partial charge in [-0.3, -0.25) is 9.69 Å². The number of rotatable bonds is 3. The number of fused-ring (bicyclic) bond motifs is 1. The topological polar surface area (TPSA) is 23.6 Å². The van der Waals surface area contributed by atoms with Crippen molar-refractivity contribution in [2.75, 3.05) is 19.6 Å². The molecule has 0 bridgehead atoms. The Morgan fingerprint density at radius 3 is 2.67 bits per heavy atom. The third kappa shape index (κ3) is 2.68. The average molecular weight is 340 g/mol. The van der Waals surface area contributed by atoms with Gasteiger partial charge in [0.05, 0.1) is 6.04 Å². The summed E-state index contributed by atoms with van der Waals surface area (Å²) in [5.74, 6) is 0.218. The molecule has 2 aromatic rings. The largest absolute Gasteiger partial charge is 0.338 e. The fourth-order valence-corrected chi connectivity index (χ4v) is 5.34. The normalized spacial score (nSPS) is 27.2. The summed E-state index contributed by atoms with van der Waals surface area (Å²) in [6, 6.07) is 15.5. The molecule has 0 unspecified atom stereocenters. The molecular weight excluding hydrogens is 316 g/mol. The highest BCUT2D eigenvalue weighted by molar-refractivity contribution is 7.09.